The van der Waals surface area contributed by atoms with Gasteiger partial charge in [-0.2, -0.15) is 13.2 Å². The van der Waals surface area contributed by atoms with Crippen LogP contribution in [0.15, 0.2) is 109 Å². The van der Waals surface area contributed by atoms with Gasteiger partial charge in [-0.3, -0.25) is 0 Å². The molecule has 4 aromatic carbocycles. The number of ether oxygens (including phenoxy) is 2. The minimum atomic E-state index is -4.62. The van der Waals surface area contributed by atoms with E-state index in [0.717, 1.165) is 22.0 Å². The lowest BCUT2D eigenvalue weighted by Crippen LogP contribution is -2.32. The van der Waals surface area contributed by atoms with E-state index in [1.54, 1.807) is 18.2 Å². The summed E-state index contributed by atoms with van der Waals surface area (Å²) in [6.45, 7) is 1.97. The molecule has 7 heteroatoms. The highest BCUT2D eigenvalue weighted by atomic mass is 19.4. The molecule has 200 valence electrons. The van der Waals surface area contributed by atoms with E-state index in [1.807, 2.05) is 90.5 Å². The van der Waals surface area contributed by atoms with Crippen LogP contribution in [0.4, 0.5) is 13.2 Å². The summed E-state index contributed by atoms with van der Waals surface area (Å²) in [6.07, 6.45) is -2.72. The molecule has 0 saturated heterocycles. The van der Waals surface area contributed by atoms with E-state index in [0.29, 0.717) is 11.3 Å². The molecule has 4 nitrogen and oxygen atoms in total. The summed E-state index contributed by atoms with van der Waals surface area (Å²) in [5.41, 5.74) is 1.05. The van der Waals surface area contributed by atoms with Crippen LogP contribution >= 0.6 is 0 Å². The zero-order valence-corrected chi connectivity index (χ0v) is 21.4. The molecule has 0 fully saturated rings. The highest BCUT2D eigenvalue weighted by Crippen LogP contribution is 2.43. The fraction of sp³-hybridized carbons (Fsp3) is 0.188. The Morgan fingerprint density at radius 1 is 0.769 bits per heavy atom. The third kappa shape index (κ3) is 5.36. The van der Waals surface area contributed by atoms with Crippen LogP contribution in [0.25, 0.3) is 10.9 Å². The molecule has 0 bridgehead atoms. The third-order valence-corrected chi connectivity index (χ3v) is 6.94. The highest BCUT2D eigenvalue weighted by molar-refractivity contribution is 5.81. The smallest absolute Gasteiger partial charge is 0.419 e. The molecule has 0 aliphatic heterocycles. The molecule has 0 aliphatic rings. The van der Waals surface area contributed by atoms with E-state index in [4.69, 9.17) is 14.6 Å². The van der Waals surface area contributed by atoms with Crippen molar-refractivity contribution in [2.45, 2.75) is 25.2 Å². The number of para-hydroxylation sites is 1. The van der Waals surface area contributed by atoms with Gasteiger partial charge in [0.05, 0.1) is 17.7 Å². The Kier molecular flexibility index (Phi) is 7.35. The molecule has 1 heterocycles. The lowest BCUT2D eigenvalue weighted by Gasteiger charge is -2.35. The number of aliphatic hydroxyl groups is 1. The van der Waals surface area contributed by atoms with Crippen molar-refractivity contribution in [3.05, 3.63) is 132 Å². The maximum atomic E-state index is 14.4. The molecular formula is C32H28F3NO3. The van der Waals surface area contributed by atoms with Crippen LogP contribution < -0.4 is 9.47 Å². The molecule has 0 aliphatic carbocycles. The van der Waals surface area contributed by atoms with Crippen LogP contribution in [0, 0.1) is 0 Å². The average molecular weight is 532 g/mol. The Morgan fingerprint density at radius 2 is 1.46 bits per heavy atom. The molecule has 39 heavy (non-hydrogen) atoms. The maximum absolute atomic E-state index is 14.4. The number of hydrogen-bond acceptors (Lipinski definition) is 3. The first-order valence-electron chi connectivity index (χ1n) is 12.6. The second-order valence-corrected chi connectivity index (χ2v) is 9.40. The average Bonchev–Trinajstić information content (AvgIpc) is 3.40. The Hall–Kier alpha value is -4.23. The monoisotopic (exact) mass is 531 g/mol. The fourth-order valence-electron chi connectivity index (χ4n) is 4.87. The number of alkyl halides is 3. The van der Waals surface area contributed by atoms with Gasteiger partial charge in [0.15, 0.2) is 0 Å². The molecule has 5 aromatic rings. The van der Waals surface area contributed by atoms with Crippen molar-refractivity contribution < 1.29 is 27.8 Å². The molecule has 1 unspecified atom stereocenters. The van der Waals surface area contributed by atoms with Crippen molar-refractivity contribution in [3.8, 4) is 11.5 Å². The van der Waals surface area contributed by atoms with Gasteiger partial charge in [-0.1, -0.05) is 66.7 Å². The zero-order chi connectivity index (χ0) is 27.5. The number of aliphatic hydroxyl groups excluding tert-OH is 1. The minimum absolute atomic E-state index is 0.0259. The first-order valence-corrected chi connectivity index (χ1v) is 12.6. The highest BCUT2D eigenvalue weighted by Gasteiger charge is 2.38. The molecule has 1 N–H and O–H groups in total. The number of benzene rings is 4. The lowest BCUT2D eigenvalue weighted by atomic mass is 9.83. The van der Waals surface area contributed by atoms with Gasteiger partial charge in [0.2, 0.25) is 0 Å². The predicted octanol–water partition coefficient (Wildman–Crippen LogP) is 7.42. The minimum Gasteiger partial charge on any atom is -0.491 e. The van der Waals surface area contributed by atoms with Gasteiger partial charge in [0.25, 0.3) is 0 Å². The van der Waals surface area contributed by atoms with Gasteiger partial charge in [-0.15, -0.1) is 0 Å². The summed E-state index contributed by atoms with van der Waals surface area (Å²) in [6, 6.07) is 30.3. The Morgan fingerprint density at radius 3 is 2.18 bits per heavy atom. The Labute approximate surface area is 224 Å². The quantitative estimate of drug-likeness (QED) is 0.215. The van der Waals surface area contributed by atoms with Gasteiger partial charge < -0.3 is 19.1 Å². The van der Waals surface area contributed by atoms with Crippen LogP contribution in [0.3, 0.4) is 0 Å². The molecule has 0 radical (unpaired) electrons. The van der Waals surface area contributed by atoms with Crippen molar-refractivity contribution in [1.29, 1.82) is 0 Å². The molecule has 0 spiro atoms. The molecule has 1 atom stereocenters. The second-order valence-electron chi connectivity index (χ2n) is 9.40. The molecule has 0 amide bonds. The summed E-state index contributed by atoms with van der Waals surface area (Å²) in [5.74, 6) is 0.343. The molecular weight excluding hydrogens is 503 g/mol. The van der Waals surface area contributed by atoms with Crippen molar-refractivity contribution in [2.24, 2.45) is 0 Å². The van der Waals surface area contributed by atoms with E-state index < -0.39 is 17.3 Å². The van der Waals surface area contributed by atoms with Gasteiger partial charge in [-0.05, 0) is 65.4 Å². The van der Waals surface area contributed by atoms with Crippen LogP contribution in [0.1, 0.15) is 29.2 Å². The van der Waals surface area contributed by atoms with Crippen LogP contribution in [0.2, 0.25) is 0 Å². The van der Waals surface area contributed by atoms with Gasteiger partial charge >= 0.3 is 6.18 Å². The maximum Gasteiger partial charge on any atom is 0.419 e. The lowest BCUT2D eigenvalue weighted by molar-refractivity contribution is -0.139. The summed E-state index contributed by atoms with van der Waals surface area (Å²) in [7, 11) is 0. The summed E-state index contributed by atoms with van der Waals surface area (Å²) >= 11 is 0. The first kappa shape index (κ1) is 26.4. The van der Waals surface area contributed by atoms with Crippen LogP contribution in [-0.4, -0.2) is 22.9 Å². The predicted molar refractivity (Wildman–Crippen MR) is 145 cm³/mol. The van der Waals surface area contributed by atoms with E-state index >= 15 is 0 Å². The Bertz CT molecular complexity index is 1550. The summed E-state index contributed by atoms with van der Waals surface area (Å²) in [4.78, 5) is 0. The molecule has 5 rings (SSSR count). The largest absolute Gasteiger partial charge is 0.491 e. The van der Waals surface area contributed by atoms with E-state index in [-0.39, 0.29) is 25.6 Å². The number of rotatable bonds is 9. The second kappa shape index (κ2) is 10.9. The van der Waals surface area contributed by atoms with Gasteiger partial charge in [0, 0.05) is 11.7 Å². The van der Waals surface area contributed by atoms with Gasteiger partial charge in [-0.25, -0.2) is 0 Å². The number of hydrogen-bond donors (Lipinski definition) is 1. The van der Waals surface area contributed by atoms with E-state index in [9.17, 15) is 13.2 Å². The number of nitrogens with zero attached hydrogens (tertiary/aromatic N) is 1. The SMILES string of the molecule is CC(c1ccc(OCCO)cc1)(c1ccc(OCc2ccccc2)c(C(F)(F)F)c1)n1ccc2ccccc21. The summed E-state index contributed by atoms with van der Waals surface area (Å²) in [5, 5.41) is 10.0. The Balaban J connectivity index is 1.63. The van der Waals surface area contributed by atoms with Crippen molar-refractivity contribution in [3.63, 3.8) is 0 Å². The molecule has 0 saturated carbocycles. The third-order valence-electron chi connectivity index (χ3n) is 6.94. The number of halogens is 3. The normalized spacial score (nSPS) is 13.3. The standard InChI is InChI=1S/C32H28F3NO3/c1-31(25-11-14-27(15-12-25)38-20-19-37,36-18-17-24-9-5-6-10-29(24)36)26-13-16-30(28(21-26)32(33,34)35)39-22-23-7-3-2-4-8-23/h2-18,21,37H,19-20,22H2,1H3. The molecule has 1 aromatic heterocycles. The fourth-order valence-corrected chi connectivity index (χ4v) is 4.87. The van der Waals surface area contributed by atoms with Crippen LogP contribution in [0.5, 0.6) is 11.5 Å². The van der Waals surface area contributed by atoms with E-state index in [1.165, 1.54) is 12.1 Å². The summed E-state index contributed by atoms with van der Waals surface area (Å²) < 4.78 is 56.3. The number of fused-ring (bicyclic) bond motifs is 1. The van der Waals surface area contributed by atoms with Crippen LogP contribution in [-0.2, 0) is 18.3 Å². The van der Waals surface area contributed by atoms with Crippen molar-refractivity contribution in [1.82, 2.24) is 4.57 Å². The van der Waals surface area contributed by atoms with Gasteiger partial charge in [0.1, 0.15) is 24.7 Å². The topological polar surface area (TPSA) is 43.6 Å². The van der Waals surface area contributed by atoms with Crippen molar-refractivity contribution >= 4 is 10.9 Å². The zero-order valence-electron chi connectivity index (χ0n) is 21.4. The van der Waals surface area contributed by atoms with E-state index in [2.05, 4.69) is 0 Å². The number of aromatic nitrogens is 1. The first-order chi connectivity index (χ1) is 18.8. The van der Waals surface area contributed by atoms with Crippen molar-refractivity contribution in [2.75, 3.05) is 13.2 Å².